The topological polar surface area (TPSA) is 84.5 Å². The maximum absolute atomic E-state index is 12.7. The molecule has 0 fully saturated rings. The van der Waals surface area contributed by atoms with E-state index in [0.29, 0.717) is 18.5 Å². The summed E-state index contributed by atoms with van der Waals surface area (Å²) in [6.45, 7) is 4.46. The van der Waals surface area contributed by atoms with Crippen LogP contribution in [0, 0.1) is 5.92 Å². The summed E-state index contributed by atoms with van der Waals surface area (Å²) < 4.78 is 29.9. The van der Waals surface area contributed by atoms with Crippen molar-refractivity contribution in [3.05, 3.63) is 65.2 Å². The Balaban J connectivity index is 2.02. The highest BCUT2D eigenvalue weighted by molar-refractivity contribution is 7.88. The predicted octanol–water partition coefficient (Wildman–Crippen LogP) is 2.91. The largest absolute Gasteiger partial charge is 0.497 e. The highest BCUT2D eigenvalue weighted by Gasteiger charge is 2.19. The molecule has 0 radical (unpaired) electrons. The lowest BCUT2D eigenvalue weighted by Crippen LogP contribution is -2.31. The molecule has 0 spiro atoms. The summed E-state index contributed by atoms with van der Waals surface area (Å²) in [4.78, 5) is 12.7. The van der Waals surface area contributed by atoms with Crippen LogP contribution in [0.5, 0.6) is 5.75 Å². The van der Waals surface area contributed by atoms with Gasteiger partial charge in [0.1, 0.15) is 5.75 Å². The standard InChI is InChI=1S/C21H28N2O4S/c1-15(2)20(17-9-11-19(27-3)12-10-17)23-21(24)18-7-5-16(6-8-18)13-14-22-28(4,25)26/h5-12,15,20,22H,13-14H2,1-4H3,(H,23,24)/t20-/m1/s1. The first-order valence-corrected chi connectivity index (χ1v) is 11.1. The van der Waals surface area contributed by atoms with Crippen molar-refractivity contribution < 1.29 is 17.9 Å². The zero-order valence-corrected chi connectivity index (χ0v) is 17.5. The number of ether oxygens (including phenoxy) is 1. The molecule has 1 amide bonds. The minimum absolute atomic E-state index is 0.114. The van der Waals surface area contributed by atoms with Gasteiger partial charge in [-0.1, -0.05) is 38.1 Å². The van der Waals surface area contributed by atoms with Crippen LogP contribution in [-0.4, -0.2) is 34.2 Å². The van der Waals surface area contributed by atoms with Crippen LogP contribution in [0.1, 0.15) is 41.4 Å². The van der Waals surface area contributed by atoms with Gasteiger partial charge in [0.25, 0.3) is 5.91 Å². The van der Waals surface area contributed by atoms with Crippen LogP contribution < -0.4 is 14.8 Å². The van der Waals surface area contributed by atoms with E-state index in [9.17, 15) is 13.2 Å². The van der Waals surface area contributed by atoms with Crippen LogP contribution in [0.25, 0.3) is 0 Å². The average Bonchev–Trinajstić information content (AvgIpc) is 2.65. The molecule has 2 rings (SSSR count). The van der Waals surface area contributed by atoms with Crippen LogP contribution in [0.15, 0.2) is 48.5 Å². The smallest absolute Gasteiger partial charge is 0.251 e. The van der Waals surface area contributed by atoms with Gasteiger partial charge >= 0.3 is 0 Å². The van der Waals surface area contributed by atoms with E-state index in [-0.39, 0.29) is 17.9 Å². The minimum Gasteiger partial charge on any atom is -0.497 e. The van der Waals surface area contributed by atoms with Crippen molar-refractivity contribution in [2.45, 2.75) is 26.3 Å². The Morgan fingerprint density at radius 3 is 2.14 bits per heavy atom. The average molecular weight is 405 g/mol. The number of hydrogen-bond acceptors (Lipinski definition) is 4. The van der Waals surface area contributed by atoms with Crippen LogP contribution in [0.2, 0.25) is 0 Å². The fourth-order valence-corrected chi connectivity index (χ4v) is 3.35. The van der Waals surface area contributed by atoms with E-state index in [1.807, 2.05) is 36.4 Å². The number of benzene rings is 2. The predicted molar refractivity (Wildman–Crippen MR) is 111 cm³/mol. The SMILES string of the molecule is COc1ccc([C@H](NC(=O)c2ccc(CCNS(C)(=O)=O)cc2)C(C)C)cc1. The first-order valence-electron chi connectivity index (χ1n) is 9.18. The molecule has 0 saturated heterocycles. The van der Waals surface area contributed by atoms with Crippen molar-refractivity contribution in [3.8, 4) is 5.75 Å². The van der Waals surface area contributed by atoms with Crippen LogP contribution >= 0.6 is 0 Å². The number of amides is 1. The molecule has 0 aliphatic rings. The first-order chi connectivity index (χ1) is 13.2. The first kappa shape index (κ1) is 21.9. The molecule has 1 atom stereocenters. The van der Waals surface area contributed by atoms with Crippen molar-refractivity contribution in [2.75, 3.05) is 19.9 Å². The molecular weight excluding hydrogens is 376 g/mol. The Bertz CT molecular complexity index is 876. The van der Waals surface area contributed by atoms with Crippen molar-refractivity contribution in [1.82, 2.24) is 10.0 Å². The molecule has 152 valence electrons. The van der Waals surface area contributed by atoms with Gasteiger partial charge in [-0.3, -0.25) is 4.79 Å². The third kappa shape index (κ3) is 6.65. The summed E-state index contributed by atoms with van der Waals surface area (Å²) in [5.74, 6) is 0.854. The van der Waals surface area contributed by atoms with E-state index in [2.05, 4.69) is 23.9 Å². The molecule has 0 aliphatic carbocycles. The molecule has 2 aromatic carbocycles. The van der Waals surface area contributed by atoms with Gasteiger partial charge in [-0.2, -0.15) is 0 Å². The Hall–Kier alpha value is -2.38. The third-order valence-electron chi connectivity index (χ3n) is 4.42. The molecule has 7 heteroatoms. The molecule has 2 N–H and O–H groups in total. The zero-order chi connectivity index (χ0) is 20.7. The van der Waals surface area contributed by atoms with Crippen LogP contribution in [-0.2, 0) is 16.4 Å². The number of nitrogens with one attached hydrogen (secondary N) is 2. The monoisotopic (exact) mass is 404 g/mol. The van der Waals surface area contributed by atoms with E-state index in [1.54, 1.807) is 19.2 Å². The molecule has 0 heterocycles. The van der Waals surface area contributed by atoms with Crippen LogP contribution in [0.4, 0.5) is 0 Å². The molecule has 6 nitrogen and oxygen atoms in total. The number of rotatable bonds is 9. The second-order valence-electron chi connectivity index (χ2n) is 7.08. The molecule has 0 unspecified atom stereocenters. The maximum Gasteiger partial charge on any atom is 0.251 e. The van der Waals surface area contributed by atoms with Gasteiger partial charge in [-0.15, -0.1) is 0 Å². The van der Waals surface area contributed by atoms with Crippen molar-refractivity contribution in [3.63, 3.8) is 0 Å². The molecule has 2 aromatic rings. The maximum atomic E-state index is 12.7. The van der Waals surface area contributed by atoms with E-state index >= 15 is 0 Å². The molecule has 28 heavy (non-hydrogen) atoms. The molecule has 0 aromatic heterocycles. The van der Waals surface area contributed by atoms with Gasteiger partial charge in [0.2, 0.25) is 10.0 Å². The Kier molecular flexibility index (Phi) is 7.60. The van der Waals surface area contributed by atoms with Gasteiger partial charge < -0.3 is 10.1 Å². The second kappa shape index (κ2) is 9.71. The number of carbonyl (C=O) groups is 1. The lowest BCUT2D eigenvalue weighted by Gasteiger charge is -2.23. The minimum atomic E-state index is -3.19. The molecule has 0 aliphatic heterocycles. The summed E-state index contributed by atoms with van der Waals surface area (Å²) in [6.07, 6.45) is 1.70. The van der Waals surface area contributed by atoms with Gasteiger partial charge in [0.05, 0.1) is 19.4 Å². The van der Waals surface area contributed by atoms with E-state index in [1.165, 1.54) is 0 Å². The summed E-state index contributed by atoms with van der Waals surface area (Å²) in [7, 11) is -1.57. The summed E-state index contributed by atoms with van der Waals surface area (Å²) in [6, 6.07) is 14.8. The van der Waals surface area contributed by atoms with Crippen molar-refractivity contribution in [2.24, 2.45) is 5.92 Å². The normalized spacial score (nSPS) is 12.6. The van der Waals surface area contributed by atoms with Gasteiger partial charge in [0, 0.05) is 12.1 Å². The van der Waals surface area contributed by atoms with Gasteiger partial charge in [-0.05, 0) is 47.7 Å². The Morgan fingerprint density at radius 1 is 1.04 bits per heavy atom. The summed E-state index contributed by atoms with van der Waals surface area (Å²) in [5.41, 5.74) is 2.55. The Morgan fingerprint density at radius 2 is 1.64 bits per heavy atom. The van der Waals surface area contributed by atoms with Gasteiger partial charge in [0.15, 0.2) is 0 Å². The third-order valence-corrected chi connectivity index (χ3v) is 5.15. The van der Waals surface area contributed by atoms with Crippen LogP contribution in [0.3, 0.4) is 0 Å². The fourth-order valence-electron chi connectivity index (χ4n) is 2.87. The van der Waals surface area contributed by atoms with E-state index in [4.69, 9.17) is 4.74 Å². The Labute approximate surface area is 167 Å². The van der Waals surface area contributed by atoms with E-state index in [0.717, 1.165) is 23.1 Å². The molecule has 0 bridgehead atoms. The summed E-state index contributed by atoms with van der Waals surface area (Å²) >= 11 is 0. The summed E-state index contributed by atoms with van der Waals surface area (Å²) in [5, 5.41) is 3.10. The lowest BCUT2D eigenvalue weighted by molar-refractivity contribution is 0.0925. The molecular formula is C21H28N2O4S. The highest BCUT2D eigenvalue weighted by atomic mass is 32.2. The van der Waals surface area contributed by atoms with Crippen molar-refractivity contribution >= 4 is 15.9 Å². The number of sulfonamides is 1. The number of carbonyl (C=O) groups excluding carboxylic acids is 1. The quantitative estimate of drug-likeness (QED) is 0.673. The molecule has 0 saturated carbocycles. The lowest BCUT2D eigenvalue weighted by atomic mass is 9.95. The fraction of sp³-hybridized carbons (Fsp3) is 0.381. The number of methoxy groups -OCH3 is 1. The number of hydrogen-bond donors (Lipinski definition) is 2. The highest BCUT2D eigenvalue weighted by Crippen LogP contribution is 2.24. The van der Waals surface area contributed by atoms with E-state index < -0.39 is 10.0 Å². The zero-order valence-electron chi connectivity index (χ0n) is 16.7. The second-order valence-corrected chi connectivity index (χ2v) is 8.91. The van der Waals surface area contributed by atoms with Gasteiger partial charge in [-0.25, -0.2) is 13.1 Å². The van der Waals surface area contributed by atoms with Crippen molar-refractivity contribution in [1.29, 1.82) is 0 Å².